The van der Waals surface area contributed by atoms with Crippen molar-refractivity contribution in [2.75, 3.05) is 11.9 Å². The first-order valence-corrected chi connectivity index (χ1v) is 13.1. The molecule has 0 aliphatic heterocycles. The molecule has 10 nitrogen and oxygen atoms in total. The second-order valence-corrected chi connectivity index (χ2v) is 9.32. The molecule has 0 fully saturated rings. The van der Waals surface area contributed by atoms with E-state index in [9.17, 15) is 4.79 Å². The number of para-hydroxylation sites is 1. The first kappa shape index (κ1) is 24.4. The van der Waals surface area contributed by atoms with Crippen molar-refractivity contribution in [3.8, 4) is 0 Å². The van der Waals surface area contributed by atoms with Crippen LogP contribution in [0.25, 0.3) is 16.4 Å². The molecule has 4 aromatic heterocycles. The Morgan fingerprint density at radius 2 is 1.87 bits per heavy atom. The number of anilines is 2. The van der Waals surface area contributed by atoms with Gasteiger partial charge >= 0.3 is 0 Å². The summed E-state index contributed by atoms with van der Waals surface area (Å²) in [6.45, 7) is 4.04. The van der Waals surface area contributed by atoms with Gasteiger partial charge in [0.25, 0.3) is 5.91 Å². The number of imidazole rings is 1. The number of nitrogens with one attached hydrogen (secondary N) is 2. The van der Waals surface area contributed by atoms with E-state index in [1.807, 2.05) is 58.8 Å². The third-order valence-corrected chi connectivity index (χ3v) is 6.78. The van der Waals surface area contributed by atoms with Gasteiger partial charge in [-0.05, 0) is 36.1 Å². The molecule has 1 amide bonds. The number of carbonyl (C=O) groups is 1. The van der Waals surface area contributed by atoms with Gasteiger partial charge in [-0.1, -0.05) is 49.4 Å². The van der Waals surface area contributed by atoms with E-state index in [0.29, 0.717) is 36.7 Å². The van der Waals surface area contributed by atoms with Gasteiger partial charge in [0.2, 0.25) is 0 Å². The van der Waals surface area contributed by atoms with Crippen LogP contribution < -0.4 is 10.6 Å². The molecule has 0 radical (unpaired) electrons. The van der Waals surface area contributed by atoms with Crippen molar-refractivity contribution in [2.45, 2.75) is 32.9 Å². The molecule has 0 saturated carbocycles. The second kappa shape index (κ2) is 10.8. The average molecular weight is 520 g/mol. The van der Waals surface area contributed by atoms with Gasteiger partial charge in [-0.25, -0.2) is 14.5 Å². The minimum absolute atomic E-state index is 0.119. The van der Waals surface area contributed by atoms with Crippen LogP contribution in [-0.2, 0) is 19.5 Å². The lowest BCUT2D eigenvalue weighted by atomic mass is 10.1. The Hall–Kier alpha value is -4.99. The van der Waals surface area contributed by atoms with Gasteiger partial charge in [0.05, 0.1) is 24.0 Å². The van der Waals surface area contributed by atoms with E-state index in [4.69, 9.17) is 5.10 Å². The Balaban J connectivity index is 1.28. The number of rotatable bonds is 10. The summed E-state index contributed by atoms with van der Waals surface area (Å²) in [6, 6.07) is 18.4. The van der Waals surface area contributed by atoms with Crippen molar-refractivity contribution >= 4 is 34.0 Å². The number of hydrogen-bond acceptors (Lipinski definition) is 6. The molecule has 6 aromatic rings. The van der Waals surface area contributed by atoms with E-state index in [1.165, 1.54) is 11.9 Å². The van der Waals surface area contributed by atoms with E-state index in [1.54, 1.807) is 23.2 Å². The highest BCUT2D eigenvalue weighted by atomic mass is 16.1. The van der Waals surface area contributed by atoms with E-state index < -0.39 is 0 Å². The van der Waals surface area contributed by atoms with Gasteiger partial charge in [0.1, 0.15) is 11.8 Å². The van der Waals surface area contributed by atoms with Crippen molar-refractivity contribution in [1.82, 2.24) is 39.2 Å². The molecule has 0 aliphatic carbocycles. The Morgan fingerprint density at radius 3 is 2.69 bits per heavy atom. The minimum atomic E-state index is -0.119. The highest BCUT2D eigenvalue weighted by molar-refractivity contribution is 6.00. The molecule has 2 aromatic carbocycles. The van der Waals surface area contributed by atoms with E-state index in [-0.39, 0.29) is 5.91 Å². The molecule has 0 bridgehead atoms. The fraction of sp³-hybridized carbons (Fsp3) is 0.207. The highest BCUT2D eigenvalue weighted by Gasteiger charge is 2.21. The molecule has 0 aliphatic rings. The predicted octanol–water partition coefficient (Wildman–Crippen LogP) is 4.45. The minimum Gasteiger partial charge on any atom is -0.352 e. The summed E-state index contributed by atoms with van der Waals surface area (Å²) in [6.07, 6.45) is 10.2. The molecule has 10 heteroatoms. The summed E-state index contributed by atoms with van der Waals surface area (Å²) in [5.74, 6) is 1.19. The maximum Gasteiger partial charge on any atom is 0.253 e. The van der Waals surface area contributed by atoms with Gasteiger partial charge < -0.3 is 15.2 Å². The topological polar surface area (TPSA) is 107 Å². The van der Waals surface area contributed by atoms with Crippen LogP contribution in [0, 0.1) is 0 Å². The van der Waals surface area contributed by atoms with Crippen LogP contribution in [0.4, 0.5) is 11.6 Å². The zero-order valence-corrected chi connectivity index (χ0v) is 21.7. The third kappa shape index (κ3) is 4.96. The van der Waals surface area contributed by atoms with Crippen LogP contribution in [0.3, 0.4) is 0 Å². The largest absolute Gasteiger partial charge is 0.352 e. The number of carbonyl (C=O) groups excluding carboxylic acids is 1. The van der Waals surface area contributed by atoms with Crippen LogP contribution >= 0.6 is 0 Å². The monoisotopic (exact) mass is 519 g/mol. The number of amides is 1. The fourth-order valence-electron chi connectivity index (χ4n) is 4.91. The van der Waals surface area contributed by atoms with Crippen molar-refractivity contribution in [2.24, 2.45) is 0 Å². The molecular formula is C29H29N9O. The zero-order chi connectivity index (χ0) is 26.6. The molecule has 196 valence electrons. The van der Waals surface area contributed by atoms with E-state index >= 15 is 0 Å². The molecule has 4 heterocycles. The molecular weight excluding hydrogens is 490 g/mol. The Labute approximate surface area is 225 Å². The lowest BCUT2D eigenvalue weighted by Gasteiger charge is -2.08. The van der Waals surface area contributed by atoms with Gasteiger partial charge in [0.15, 0.2) is 11.6 Å². The first-order chi connectivity index (χ1) is 19.2. The lowest BCUT2D eigenvalue weighted by Crippen LogP contribution is -2.25. The second-order valence-electron chi connectivity index (χ2n) is 9.32. The molecule has 2 N–H and O–H groups in total. The van der Waals surface area contributed by atoms with Crippen LogP contribution in [0.5, 0.6) is 0 Å². The first-order valence-electron chi connectivity index (χ1n) is 13.1. The van der Waals surface area contributed by atoms with Gasteiger partial charge in [-0.3, -0.25) is 9.48 Å². The number of hydrogen-bond donors (Lipinski definition) is 2. The summed E-state index contributed by atoms with van der Waals surface area (Å²) in [5, 5.41) is 16.8. The summed E-state index contributed by atoms with van der Waals surface area (Å²) in [5.41, 5.74) is 4.45. The number of aryl methyl sites for hydroxylation is 2. The Morgan fingerprint density at radius 1 is 1.03 bits per heavy atom. The summed E-state index contributed by atoms with van der Waals surface area (Å²) in [4.78, 5) is 21.8. The maximum absolute atomic E-state index is 13.1. The van der Waals surface area contributed by atoms with Crippen LogP contribution in [0.1, 0.15) is 34.8 Å². The number of aromatic nitrogens is 7. The van der Waals surface area contributed by atoms with E-state index in [0.717, 1.165) is 34.9 Å². The quantitative estimate of drug-likeness (QED) is 0.259. The van der Waals surface area contributed by atoms with Crippen molar-refractivity contribution in [3.63, 3.8) is 0 Å². The number of nitrogens with zero attached hydrogens (tertiary/aromatic N) is 7. The summed E-state index contributed by atoms with van der Waals surface area (Å²) in [7, 11) is 0. The van der Waals surface area contributed by atoms with Crippen molar-refractivity contribution in [1.29, 1.82) is 0 Å². The van der Waals surface area contributed by atoms with Crippen LogP contribution in [0.2, 0.25) is 0 Å². The number of fused-ring (bicyclic) bond motifs is 2. The van der Waals surface area contributed by atoms with Gasteiger partial charge in [-0.15, -0.1) is 0 Å². The molecule has 0 atom stereocenters. The standard InChI is InChI=1S/C29H29N9O/c1-2-22-24(29(39)31-13-8-15-36-16-14-30-20-36)18-38-26(22)28(32-19-33-38)34-27-23-11-6-7-12-25(23)37(35-27)17-21-9-4-3-5-10-21/h3-7,9-12,14,16,18-20H,2,8,13,15,17H2,1H3,(H,31,39)(H,32,33,34,35). The molecule has 39 heavy (non-hydrogen) atoms. The maximum atomic E-state index is 13.1. The lowest BCUT2D eigenvalue weighted by molar-refractivity contribution is 0.0952. The SMILES string of the molecule is CCc1c(C(=O)NCCCn2ccnc2)cn2ncnc(Nc3nn(Cc4ccccc4)c4ccccc34)c12. The Bertz CT molecular complexity index is 1720. The normalized spacial score (nSPS) is 11.3. The highest BCUT2D eigenvalue weighted by Crippen LogP contribution is 2.30. The van der Waals surface area contributed by atoms with Crippen molar-refractivity contribution in [3.05, 3.63) is 103 Å². The zero-order valence-electron chi connectivity index (χ0n) is 21.7. The Kier molecular flexibility index (Phi) is 6.73. The van der Waals surface area contributed by atoms with Crippen LogP contribution in [0.15, 0.2) is 85.8 Å². The molecule has 0 unspecified atom stereocenters. The molecule has 6 rings (SSSR count). The van der Waals surface area contributed by atoms with Crippen LogP contribution in [-0.4, -0.2) is 46.4 Å². The number of benzene rings is 2. The fourth-order valence-corrected chi connectivity index (χ4v) is 4.91. The van der Waals surface area contributed by atoms with E-state index in [2.05, 4.69) is 43.9 Å². The smallest absolute Gasteiger partial charge is 0.253 e. The molecule has 0 saturated heterocycles. The van der Waals surface area contributed by atoms with Gasteiger partial charge in [-0.2, -0.15) is 10.2 Å². The molecule has 0 spiro atoms. The third-order valence-electron chi connectivity index (χ3n) is 6.78. The summed E-state index contributed by atoms with van der Waals surface area (Å²) < 4.78 is 5.71. The van der Waals surface area contributed by atoms with Crippen molar-refractivity contribution < 1.29 is 4.79 Å². The summed E-state index contributed by atoms with van der Waals surface area (Å²) >= 11 is 0. The average Bonchev–Trinajstić information content (AvgIpc) is 3.70. The van der Waals surface area contributed by atoms with Gasteiger partial charge in [0, 0.05) is 37.1 Å². The predicted molar refractivity (Wildman–Crippen MR) is 150 cm³/mol.